The van der Waals surface area contributed by atoms with Crippen molar-refractivity contribution in [2.24, 2.45) is 5.73 Å². The number of carboxylic acid groups (broad SMARTS) is 1. The molecule has 0 unspecified atom stereocenters. The van der Waals surface area contributed by atoms with Gasteiger partial charge >= 0.3 is 5.97 Å². The van der Waals surface area contributed by atoms with E-state index in [1.54, 1.807) is 0 Å². The highest BCUT2D eigenvalue weighted by Crippen LogP contribution is 2.10. The summed E-state index contributed by atoms with van der Waals surface area (Å²) in [5.74, 6) is -1.02. The summed E-state index contributed by atoms with van der Waals surface area (Å²) in [7, 11) is 0. The predicted octanol–water partition coefficient (Wildman–Crippen LogP) is -0.406. The highest BCUT2D eigenvalue weighted by Gasteiger charge is 2.17. The van der Waals surface area contributed by atoms with E-state index < -0.39 is 12.0 Å². The molecule has 1 heterocycles. The van der Waals surface area contributed by atoms with Crippen molar-refractivity contribution in [1.29, 1.82) is 0 Å². The molecule has 0 saturated carbocycles. The highest BCUT2D eigenvalue weighted by molar-refractivity contribution is 5.73. The van der Waals surface area contributed by atoms with Crippen molar-refractivity contribution in [3.63, 3.8) is 0 Å². The molecule has 76 valence electrons. The van der Waals surface area contributed by atoms with Gasteiger partial charge in [0.05, 0.1) is 12.7 Å². The Morgan fingerprint density at radius 2 is 2.23 bits per heavy atom. The molecule has 1 atom stereocenters. The first-order valence-corrected chi connectivity index (χ1v) is 4.38. The lowest BCUT2D eigenvalue weighted by atomic mass is 10.1. The zero-order chi connectivity index (χ0) is 9.68. The van der Waals surface area contributed by atoms with Gasteiger partial charge < -0.3 is 20.3 Å². The average Bonchev–Trinajstić information content (AvgIpc) is 2.15. The van der Waals surface area contributed by atoms with Crippen LogP contribution in [0.4, 0.5) is 0 Å². The number of hydrogen-bond acceptors (Lipinski definition) is 4. The first-order valence-electron chi connectivity index (χ1n) is 4.38. The number of aliphatic carboxylic acids is 1. The average molecular weight is 189 g/mol. The van der Waals surface area contributed by atoms with Crippen LogP contribution in [0.2, 0.25) is 0 Å². The number of carboxylic acids is 1. The molecule has 1 fully saturated rings. The van der Waals surface area contributed by atoms with E-state index in [4.69, 9.17) is 20.3 Å². The van der Waals surface area contributed by atoms with Crippen molar-refractivity contribution in [1.82, 2.24) is 0 Å². The van der Waals surface area contributed by atoms with E-state index in [0.717, 1.165) is 12.8 Å². The van der Waals surface area contributed by atoms with Gasteiger partial charge in [0.2, 0.25) is 0 Å². The molecule has 0 aliphatic carbocycles. The van der Waals surface area contributed by atoms with Crippen LogP contribution in [0.1, 0.15) is 12.8 Å². The quantitative estimate of drug-likeness (QED) is 0.628. The SMILES string of the molecule is N[C@@H](COC1CCOCC1)C(=O)O. The molecule has 1 aliphatic rings. The summed E-state index contributed by atoms with van der Waals surface area (Å²) in [4.78, 5) is 10.3. The molecule has 0 spiro atoms. The minimum Gasteiger partial charge on any atom is -0.480 e. The van der Waals surface area contributed by atoms with E-state index in [9.17, 15) is 4.79 Å². The maximum absolute atomic E-state index is 10.3. The second kappa shape index (κ2) is 5.16. The number of ether oxygens (including phenoxy) is 2. The molecule has 5 nitrogen and oxygen atoms in total. The topological polar surface area (TPSA) is 81.8 Å². The standard InChI is InChI=1S/C8H15NO4/c9-7(8(10)11)5-13-6-1-3-12-4-2-6/h6-7H,1-5,9H2,(H,10,11)/t7-/m0/s1. The molecule has 13 heavy (non-hydrogen) atoms. The first kappa shape index (κ1) is 10.4. The van der Waals surface area contributed by atoms with Crippen molar-refractivity contribution in [2.45, 2.75) is 25.0 Å². The van der Waals surface area contributed by atoms with E-state index in [1.165, 1.54) is 0 Å². The predicted molar refractivity (Wildman–Crippen MR) is 45.4 cm³/mol. The summed E-state index contributed by atoms with van der Waals surface area (Å²) in [5, 5.41) is 8.48. The Bertz CT molecular complexity index is 168. The van der Waals surface area contributed by atoms with Crippen LogP contribution in [0.3, 0.4) is 0 Å². The Morgan fingerprint density at radius 3 is 2.77 bits per heavy atom. The Balaban J connectivity index is 2.13. The van der Waals surface area contributed by atoms with E-state index >= 15 is 0 Å². The third-order valence-electron chi connectivity index (χ3n) is 2.00. The second-order valence-corrected chi connectivity index (χ2v) is 3.09. The number of carbonyl (C=O) groups is 1. The Hall–Kier alpha value is -0.650. The lowest BCUT2D eigenvalue weighted by molar-refractivity contribution is -0.141. The van der Waals surface area contributed by atoms with Gasteiger partial charge in [-0.1, -0.05) is 0 Å². The highest BCUT2D eigenvalue weighted by atomic mass is 16.5. The summed E-state index contributed by atoms with van der Waals surface area (Å²) in [5.41, 5.74) is 5.28. The smallest absolute Gasteiger partial charge is 0.322 e. The van der Waals surface area contributed by atoms with Crippen LogP contribution in [0.5, 0.6) is 0 Å². The van der Waals surface area contributed by atoms with Gasteiger partial charge in [0.15, 0.2) is 0 Å². The summed E-state index contributed by atoms with van der Waals surface area (Å²) in [6.07, 6.45) is 1.76. The largest absolute Gasteiger partial charge is 0.480 e. The fourth-order valence-electron chi connectivity index (χ4n) is 1.15. The molecule has 1 rings (SSSR count). The lowest BCUT2D eigenvalue weighted by Gasteiger charge is -2.23. The third-order valence-corrected chi connectivity index (χ3v) is 2.00. The van der Waals surface area contributed by atoms with Crippen LogP contribution >= 0.6 is 0 Å². The Labute approximate surface area is 76.8 Å². The molecule has 0 aromatic rings. The molecule has 0 bridgehead atoms. The normalized spacial score (nSPS) is 21.3. The lowest BCUT2D eigenvalue weighted by Crippen LogP contribution is -2.37. The van der Waals surface area contributed by atoms with Crippen molar-refractivity contribution >= 4 is 5.97 Å². The van der Waals surface area contributed by atoms with Crippen molar-refractivity contribution in [2.75, 3.05) is 19.8 Å². The van der Waals surface area contributed by atoms with Crippen LogP contribution in [-0.2, 0) is 14.3 Å². The summed E-state index contributed by atoms with van der Waals surface area (Å²) in [6.45, 7) is 1.46. The zero-order valence-corrected chi connectivity index (χ0v) is 7.44. The minimum atomic E-state index is -1.02. The monoisotopic (exact) mass is 189 g/mol. The van der Waals surface area contributed by atoms with Crippen LogP contribution in [0.25, 0.3) is 0 Å². The maximum atomic E-state index is 10.3. The molecule has 1 aliphatic heterocycles. The van der Waals surface area contributed by atoms with Crippen LogP contribution in [-0.4, -0.2) is 43.0 Å². The van der Waals surface area contributed by atoms with E-state index in [0.29, 0.717) is 13.2 Å². The van der Waals surface area contributed by atoms with Gasteiger partial charge in [0, 0.05) is 13.2 Å². The second-order valence-electron chi connectivity index (χ2n) is 3.09. The molecule has 5 heteroatoms. The van der Waals surface area contributed by atoms with E-state index in [1.807, 2.05) is 0 Å². The van der Waals surface area contributed by atoms with Crippen LogP contribution in [0.15, 0.2) is 0 Å². The minimum absolute atomic E-state index is 0.0833. The molecule has 1 saturated heterocycles. The summed E-state index contributed by atoms with van der Waals surface area (Å²) < 4.78 is 10.4. The molecule has 0 radical (unpaired) electrons. The number of rotatable bonds is 4. The Morgan fingerprint density at radius 1 is 1.62 bits per heavy atom. The fourth-order valence-corrected chi connectivity index (χ4v) is 1.15. The van der Waals surface area contributed by atoms with Gasteiger partial charge in [-0.25, -0.2) is 0 Å². The van der Waals surface area contributed by atoms with Gasteiger partial charge in [0.25, 0.3) is 0 Å². The third kappa shape index (κ3) is 3.71. The van der Waals surface area contributed by atoms with E-state index in [-0.39, 0.29) is 12.7 Å². The summed E-state index contributed by atoms with van der Waals surface area (Å²) in [6, 6.07) is -0.914. The van der Waals surface area contributed by atoms with Crippen LogP contribution in [0, 0.1) is 0 Å². The molecule has 0 amide bonds. The molecule has 3 N–H and O–H groups in total. The van der Waals surface area contributed by atoms with Gasteiger partial charge in [0.1, 0.15) is 6.04 Å². The van der Waals surface area contributed by atoms with Crippen molar-refractivity contribution < 1.29 is 19.4 Å². The van der Waals surface area contributed by atoms with Crippen molar-refractivity contribution in [3.8, 4) is 0 Å². The Kier molecular flexibility index (Phi) is 4.14. The first-order chi connectivity index (χ1) is 6.20. The molecular formula is C8H15NO4. The maximum Gasteiger partial charge on any atom is 0.322 e. The van der Waals surface area contributed by atoms with Crippen molar-refractivity contribution in [3.05, 3.63) is 0 Å². The van der Waals surface area contributed by atoms with Gasteiger partial charge in [-0.3, -0.25) is 4.79 Å². The number of nitrogens with two attached hydrogens (primary N) is 1. The fraction of sp³-hybridized carbons (Fsp3) is 0.875. The van der Waals surface area contributed by atoms with Gasteiger partial charge in [-0.2, -0.15) is 0 Å². The molecule has 0 aromatic carbocycles. The zero-order valence-electron chi connectivity index (χ0n) is 7.44. The van der Waals surface area contributed by atoms with Crippen LogP contribution < -0.4 is 5.73 Å². The molecular weight excluding hydrogens is 174 g/mol. The summed E-state index contributed by atoms with van der Waals surface area (Å²) >= 11 is 0. The number of hydrogen-bond donors (Lipinski definition) is 2. The van der Waals surface area contributed by atoms with Gasteiger partial charge in [-0.15, -0.1) is 0 Å². The molecule has 0 aromatic heterocycles. The van der Waals surface area contributed by atoms with Gasteiger partial charge in [-0.05, 0) is 12.8 Å². The van der Waals surface area contributed by atoms with E-state index in [2.05, 4.69) is 0 Å².